The Morgan fingerprint density at radius 3 is 2.68 bits per heavy atom. The average molecular weight is 396 g/mol. The number of anilines is 2. The van der Waals surface area contributed by atoms with E-state index >= 15 is 0 Å². The summed E-state index contributed by atoms with van der Waals surface area (Å²) in [6.07, 6.45) is -0.0187. The summed E-state index contributed by atoms with van der Waals surface area (Å²) < 4.78 is 1.46. The molecule has 2 aromatic carbocycles. The minimum atomic E-state index is -0.796. The van der Waals surface area contributed by atoms with Gasteiger partial charge < -0.3 is 5.32 Å². The number of aryl methyl sites for hydroxylation is 2. The number of rotatable bonds is 3. The maximum atomic E-state index is 12.8. The molecular formula is C20H18ClN5O2. The molecule has 0 aliphatic carbocycles. The maximum absolute atomic E-state index is 12.8. The van der Waals surface area contributed by atoms with Crippen molar-refractivity contribution in [2.45, 2.75) is 26.3 Å². The van der Waals surface area contributed by atoms with Crippen LogP contribution in [0.5, 0.6) is 0 Å². The summed E-state index contributed by atoms with van der Waals surface area (Å²) in [5, 5.41) is 10.5. The second-order valence-electron chi connectivity index (χ2n) is 6.79. The third-order valence-corrected chi connectivity index (χ3v) is 5.02. The second-order valence-corrected chi connectivity index (χ2v) is 7.20. The molecule has 1 aliphatic rings. The van der Waals surface area contributed by atoms with Crippen LogP contribution < -0.4 is 10.6 Å². The number of amides is 2. The molecule has 0 saturated heterocycles. The van der Waals surface area contributed by atoms with Gasteiger partial charge in [-0.05, 0) is 31.5 Å². The molecule has 2 N–H and O–H groups in total. The lowest BCUT2D eigenvalue weighted by molar-refractivity contribution is -0.125. The number of benzene rings is 2. The first-order valence-corrected chi connectivity index (χ1v) is 9.19. The number of hydrogen-bond donors (Lipinski definition) is 2. The van der Waals surface area contributed by atoms with Crippen LogP contribution in [0.25, 0.3) is 11.4 Å². The Hall–Kier alpha value is -3.19. The second kappa shape index (κ2) is 7.09. The van der Waals surface area contributed by atoms with E-state index < -0.39 is 6.04 Å². The number of halogens is 1. The highest BCUT2D eigenvalue weighted by molar-refractivity contribution is 6.31. The van der Waals surface area contributed by atoms with E-state index in [2.05, 4.69) is 20.7 Å². The number of aromatic nitrogens is 3. The van der Waals surface area contributed by atoms with Gasteiger partial charge in [-0.1, -0.05) is 47.5 Å². The Bertz CT molecular complexity index is 1070. The zero-order valence-corrected chi connectivity index (χ0v) is 16.1. The van der Waals surface area contributed by atoms with Gasteiger partial charge in [-0.25, -0.2) is 4.68 Å². The van der Waals surface area contributed by atoms with Crippen LogP contribution in [0, 0.1) is 13.8 Å². The number of nitrogens with one attached hydrogen (secondary N) is 2. The van der Waals surface area contributed by atoms with Crippen LogP contribution in [0.3, 0.4) is 0 Å². The quantitative estimate of drug-likeness (QED) is 0.707. The number of carbonyl (C=O) groups is 2. The fourth-order valence-corrected chi connectivity index (χ4v) is 3.17. The zero-order chi connectivity index (χ0) is 19.8. The van der Waals surface area contributed by atoms with E-state index in [1.165, 1.54) is 4.68 Å². The van der Waals surface area contributed by atoms with Gasteiger partial charge in [0.15, 0.2) is 5.82 Å². The zero-order valence-electron chi connectivity index (χ0n) is 15.4. The van der Waals surface area contributed by atoms with Gasteiger partial charge in [0.1, 0.15) is 6.04 Å². The van der Waals surface area contributed by atoms with Crippen LogP contribution in [-0.4, -0.2) is 26.6 Å². The number of carbonyl (C=O) groups excluding carboxylic acids is 2. The summed E-state index contributed by atoms with van der Waals surface area (Å²) in [6, 6.07) is 12.2. The fraction of sp³-hybridized carbons (Fsp3) is 0.200. The van der Waals surface area contributed by atoms with Crippen LogP contribution in [0.2, 0.25) is 5.02 Å². The van der Waals surface area contributed by atoms with E-state index in [4.69, 9.17) is 11.6 Å². The van der Waals surface area contributed by atoms with Crippen molar-refractivity contribution in [1.82, 2.24) is 14.8 Å². The molecule has 0 bridgehead atoms. The van der Waals surface area contributed by atoms with Crippen molar-refractivity contribution in [2.24, 2.45) is 0 Å². The molecule has 8 heteroatoms. The van der Waals surface area contributed by atoms with E-state index in [1.54, 1.807) is 12.1 Å². The minimum absolute atomic E-state index is 0.0187. The number of nitrogens with zero attached hydrogens (tertiary/aromatic N) is 3. The molecule has 2 heterocycles. The maximum Gasteiger partial charge on any atom is 0.249 e. The van der Waals surface area contributed by atoms with Crippen LogP contribution in [0.1, 0.15) is 23.6 Å². The Labute approximate surface area is 166 Å². The van der Waals surface area contributed by atoms with Crippen LogP contribution >= 0.6 is 11.6 Å². The van der Waals surface area contributed by atoms with Crippen LogP contribution in [0.4, 0.5) is 11.6 Å². The summed E-state index contributed by atoms with van der Waals surface area (Å²) in [5.41, 5.74) is 3.41. The number of hydrogen-bond acceptors (Lipinski definition) is 4. The first kappa shape index (κ1) is 18.2. The molecule has 1 aromatic heterocycles. The van der Waals surface area contributed by atoms with Gasteiger partial charge in [0, 0.05) is 16.3 Å². The van der Waals surface area contributed by atoms with Crippen molar-refractivity contribution in [3.63, 3.8) is 0 Å². The molecule has 1 aliphatic heterocycles. The van der Waals surface area contributed by atoms with Crippen LogP contribution in [-0.2, 0) is 9.59 Å². The number of fused-ring (bicyclic) bond motifs is 1. The van der Waals surface area contributed by atoms with Gasteiger partial charge >= 0.3 is 0 Å². The van der Waals surface area contributed by atoms with E-state index in [0.29, 0.717) is 16.5 Å². The Kier molecular flexibility index (Phi) is 4.60. The molecule has 28 heavy (non-hydrogen) atoms. The summed E-state index contributed by atoms with van der Waals surface area (Å²) in [5.74, 6) is 0.0797. The lowest BCUT2D eigenvalue weighted by Gasteiger charge is -2.22. The molecular weight excluding hydrogens is 378 g/mol. The van der Waals surface area contributed by atoms with Gasteiger partial charge in [-0.3, -0.25) is 14.9 Å². The van der Waals surface area contributed by atoms with E-state index in [0.717, 1.165) is 16.7 Å². The Morgan fingerprint density at radius 2 is 1.96 bits per heavy atom. The van der Waals surface area contributed by atoms with Crippen LogP contribution in [0.15, 0.2) is 42.5 Å². The molecule has 1 unspecified atom stereocenters. The monoisotopic (exact) mass is 395 g/mol. The predicted molar refractivity (Wildman–Crippen MR) is 107 cm³/mol. The highest BCUT2D eigenvalue weighted by Gasteiger charge is 2.33. The molecule has 142 valence electrons. The Balaban J connectivity index is 1.63. The van der Waals surface area contributed by atoms with Crippen molar-refractivity contribution in [3.05, 3.63) is 58.6 Å². The minimum Gasteiger partial charge on any atom is -0.324 e. The highest BCUT2D eigenvalue weighted by Crippen LogP contribution is 2.28. The summed E-state index contributed by atoms with van der Waals surface area (Å²) in [7, 11) is 0. The highest BCUT2D eigenvalue weighted by atomic mass is 35.5. The first-order chi connectivity index (χ1) is 13.4. The molecule has 0 saturated carbocycles. The first-order valence-electron chi connectivity index (χ1n) is 8.81. The predicted octanol–water partition coefficient (Wildman–Crippen LogP) is 3.74. The topological polar surface area (TPSA) is 88.9 Å². The molecule has 1 atom stereocenters. The summed E-state index contributed by atoms with van der Waals surface area (Å²) in [6.45, 7) is 3.88. The Morgan fingerprint density at radius 1 is 1.21 bits per heavy atom. The standard InChI is InChI=1S/C20H18ClN5O2/c1-11-3-6-13(7-4-11)18-24-20-23-17(27)10-16(26(20)25-18)19(28)22-14-8-5-12(2)15(21)9-14/h3-9,16H,10H2,1-2H3,(H,22,28)(H,23,24,25,27). The third-order valence-electron chi connectivity index (χ3n) is 4.61. The molecule has 0 fully saturated rings. The van der Waals surface area contributed by atoms with Crippen molar-refractivity contribution in [3.8, 4) is 11.4 Å². The molecule has 7 nitrogen and oxygen atoms in total. The summed E-state index contributed by atoms with van der Waals surface area (Å²) >= 11 is 6.13. The molecule has 2 amide bonds. The third kappa shape index (κ3) is 3.48. The van der Waals surface area contributed by atoms with E-state index in [9.17, 15) is 9.59 Å². The van der Waals surface area contributed by atoms with Crippen molar-refractivity contribution in [2.75, 3.05) is 10.6 Å². The molecule has 3 aromatic rings. The lowest BCUT2D eigenvalue weighted by atomic mass is 10.1. The van der Waals surface area contributed by atoms with Gasteiger partial charge in [-0.15, -0.1) is 5.10 Å². The van der Waals surface area contributed by atoms with Gasteiger partial charge in [0.05, 0.1) is 6.42 Å². The molecule has 0 radical (unpaired) electrons. The van der Waals surface area contributed by atoms with E-state index in [-0.39, 0.29) is 24.2 Å². The average Bonchev–Trinajstić information content (AvgIpc) is 3.08. The summed E-state index contributed by atoms with van der Waals surface area (Å²) in [4.78, 5) is 29.3. The SMILES string of the molecule is Cc1ccc(-c2nc3n(n2)C(C(=O)Nc2ccc(C)c(Cl)c2)CC(=O)N3)cc1. The fourth-order valence-electron chi connectivity index (χ4n) is 2.99. The normalized spacial score (nSPS) is 15.7. The lowest BCUT2D eigenvalue weighted by Crippen LogP contribution is -2.36. The van der Waals surface area contributed by atoms with Gasteiger partial charge in [0.2, 0.25) is 17.8 Å². The van der Waals surface area contributed by atoms with Crippen molar-refractivity contribution < 1.29 is 9.59 Å². The van der Waals surface area contributed by atoms with E-state index in [1.807, 2.05) is 44.2 Å². The van der Waals surface area contributed by atoms with Gasteiger partial charge in [0.25, 0.3) is 0 Å². The smallest absolute Gasteiger partial charge is 0.249 e. The van der Waals surface area contributed by atoms with Gasteiger partial charge in [-0.2, -0.15) is 4.98 Å². The molecule has 0 spiro atoms. The largest absolute Gasteiger partial charge is 0.324 e. The molecule has 4 rings (SSSR count). The van der Waals surface area contributed by atoms with Crippen molar-refractivity contribution in [1.29, 1.82) is 0 Å². The van der Waals surface area contributed by atoms with Crippen molar-refractivity contribution >= 4 is 35.1 Å².